The summed E-state index contributed by atoms with van der Waals surface area (Å²) in [5.74, 6) is 0.619. The van der Waals surface area contributed by atoms with Gasteiger partial charge in [0, 0.05) is 17.0 Å². The van der Waals surface area contributed by atoms with Crippen LogP contribution in [0.1, 0.15) is 28.4 Å². The molecule has 0 aliphatic heterocycles. The van der Waals surface area contributed by atoms with Crippen molar-refractivity contribution in [3.63, 3.8) is 0 Å². The maximum atomic E-state index is 10.4. The van der Waals surface area contributed by atoms with Crippen molar-refractivity contribution in [1.29, 1.82) is 0 Å². The van der Waals surface area contributed by atoms with Crippen LogP contribution in [0.25, 0.3) is 0 Å². The molecule has 0 saturated carbocycles. The number of rotatable bonds is 4. The molecule has 0 amide bonds. The van der Waals surface area contributed by atoms with E-state index in [1.165, 1.54) is 11.1 Å². The Morgan fingerprint density at radius 2 is 1.85 bits per heavy atom. The van der Waals surface area contributed by atoms with Crippen LogP contribution in [0, 0.1) is 13.8 Å². The number of halogens is 1. The van der Waals surface area contributed by atoms with Crippen molar-refractivity contribution in [3.8, 4) is 5.75 Å². The number of hydrogen-bond acceptors (Lipinski definition) is 2. The third-order valence-corrected chi connectivity index (χ3v) is 3.79. The Bertz CT molecular complexity index is 608. The monoisotopic (exact) mass is 290 g/mol. The summed E-state index contributed by atoms with van der Waals surface area (Å²) in [6, 6.07) is 11.5. The van der Waals surface area contributed by atoms with E-state index in [9.17, 15) is 5.11 Å². The average Bonchev–Trinajstić information content (AvgIpc) is 2.42. The lowest BCUT2D eigenvalue weighted by Crippen LogP contribution is -2.04. The van der Waals surface area contributed by atoms with Gasteiger partial charge in [0.15, 0.2) is 0 Å². The van der Waals surface area contributed by atoms with E-state index in [0.29, 0.717) is 17.2 Å². The minimum absolute atomic E-state index is 0.555. The van der Waals surface area contributed by atoms with Gasteiger partial charge in [-0.25, -0.2) is 0 Å². The minimum atomic E-state index is -0.607. The van der Waals surface area contributed by atoms with E-state index >= 15 is 0 Å². The van der Waals surface area contributed by atoms with E-state index in [-0.39, 0.29) is 0 Å². The van der Waals surface area contributed by atoms with Gasteiger partial charge in [-0.05, 0) is 42.7 Å². The summed E-state index contributed by atoms with van der Waals surface area (Å²) < 4.78 is 5.28. The van der Waals surface area contributed by atoms with Crippen LogP contribution in [0.3, 0.4) is 0 Å². The molecule has 0 saturated heterocycles. The molecule has 2 nitrogen and oxygen atoms in total. The Morgan fingerprint density at radius 3 is 2.50 bits per heavy atom. The topological polar surface area (TPSA) is 29.5 Å². The number of ether oxygens (including phenoxy) is 1. The van der Waals surface area contributed by atoms with E-state index in [1.807, 2.05) is 12.1 Å². The standard InChI is InChI=1S/C17H19ClO2/c1-11-4-5-13(8-12(11)2)9-16(19)15-7-6-14(18)10-17(15)20-3/h4-8,10,16,19H,9H2,1-3H3. The molecule has 2 rings (SSSR count). The van der Waals surface area contributed by atoms with Gasteiger partial charge >= 0.3 is 0 Å². The van der Waals surface area contributed by atoms with Gasteiger partial charge < -0.3 is 9.84 Å². The molecule has 0 aromatic heterocycles. The molecule has 2 aromatic rings. The number of aryl methyl sites for hydroxylation is 2. The maximum absolute atomic E-state index is 10.4. The first-order valence-corrected chi connectivity index (χ1v) is 6.96. The molecular weight excluding hydrogens is 272 g/mol. The number of benzene rings is 2. The van der Waals surface area contributed by atoms with Crippen LogP contribution in [0.5, 0.6) is 5.75 Å². The van der Waals surface area contributed by atoms with Crippen LogP contribution in [0.2, 0.25) is 5.02 Å². The van der Waals surface area contributed by atoms with Gasteiger partial charge in [0.05, 0.1) is 13.2 Å². The fraction of sp³-hybridized carbons (Fsp3) is 0.294. The summed E-state index contributed by atoms with van der Waals surface area (Å²) >= 11 is 5.94. The van der Waals surface area contributed by atoms with Crippen molar-refractivity contribution < 1.29 is 9.84 Å². The van der Waals surface area contributed by atoms with Crippen molar-refractivity contribution >= 4 is 11.6 Å². The zero-order valence-electron chi connectivity index (χ0n) is 12.0. The number of aliphatic hydroxyl groups is 1. The fourth-order valence-corrected chi connectivity index (χ4v) is 2.39. The van der Waals surface area contributed by atoms with E-state index in [2.05, 4.69) is 26.0 Å². The molecule has 2 aromatic carbocycles. The summed E-state index contributed by atoms with van der Waals surface area (Å²) in [6.07, 6.45) is -0.0524. The predicted molar refractivity (Wildman–Crippen MR) is 82.6 cm³/mol. The highest BCUT2D eigenvalue weighted by Gasteiger charge is 2.14. The largest absolute Gasteiger partial charge is 0.496 e. The first-order valence-electron chi connectivity index (χ1n) is 6.59. The molecule has 0 fully saturated rings. The molecule has 1 unspecified atom stereocenters. The van der Waals surface area contributed by atoms with Gasteiger partial charge in [-0.3, -0.25) is 0 Å². The Balaban J connectivity index is 2.23. The van der Waals surface area contributed by atoms with Crippen molar-refractivity contribution in [2.45, 2.75) is 26.4 Å². The smallest absolute Gasteiger partial charge is 0.126 e. The second-order valence-electron chi connectivity index (χ2n) is 5.02. The van der Waals surface area contributed by atoms with Gasteiger partial charge in [-0.2, -0.15) is 0 Å². The number of hydrogen-bond donors (Lipinski definition) is 1. The van der Waals surface area contributed by atoms with E-state index < -0.39 is 6.10 Å². The fourth-order valence-electron chi connectivity index (χ4n) is 2.22. The lowest BCUT2D eigenvalue weighted by Gasteiger charge is -2.16. The third kappa shape index (κ3) is 3.33. The highest BCUT2D eigenvalue weighted by atomic mass is 35.5. The molecule has 1 atom stereocenters. The van der Waals surface area contributed by atoms with Gasteiger partial charge in [0.2, 0.25) is 0 Å². The molecule has 106 valence electrons. The number of aliphatic hydroxyl groups excluding tert-OH is 1. The second kappa shape index (κ2) is 6.29. The number of methoxy groups -OCH3 is 1. The quantitative estimate of drug-likeness (QED) is 0.912. The van der Waals surface area contributed by atoms with Crippen molar-refractivity contribution in [3.05, 3.63) is 63.7 Å². The van der Waals surface area contributed by atoms with Crippen LogP contribution in [-0.2, 0) is 6.42 Å². The lowest BCUT2D eigenvalue weighted by molar-refractivity contribution is 0.174. The molecule has 0 spiro atoms. The van der Waals surface area contributed by atoms with Crippen molar-refractivity contribution in [2.75, 3.05) is 7.11 Å². The summed E-state index contributed by atoms with van der Waals surface area (Å²) in [7, 11) is 1.58. The third-order valence-electron chi connectivity index (χ3n) is 3.55. The second-order valence-corrected chi connectivity index (χ2v) is 5.46. The van der Waals surface area contributed by atoms with Gasteiger partial charge in [-0.15, -0.1) is 0 Å². The molecule has 20 heavy (non-hydrogen) atoms. The van der Waals surface area contributed by atoms with Crippen LogP contribution in [0.4, 0.5) is 0 Å². The molecule has 0 heterocycles. The predicted octanol–water partition coefficient (Wildman–Crippen LogP) is 4.24. The van der Waals surface area contributed by atoms with Gasteiger partial charge in [0.1, 0.15) is 5.75 Å². The Kier molecular flexibility index (Phi) is 4.69. The van der Waals surface area contributed by atoms with Crippen LogP contribution < -0.4 is 4.74 Å². The lowest BCUT2D eigenvalue weighted by atomic mass is 9.98. The summed E-state index contributed by atoms with van der Waals surface area (Å²) in [4.78, 5) is 0. The van der Waals surface area contributed by atoms with E-state index in [0.717, 1.165) is 11.1 Å². The molecular formula is C17H19ClO2. The normalized spacial score (nSPS) is 12.2. The summed E-state index contributed by atoms with van der Waals surface area (Å²) in [5.41, 5.74) is 4.36. The first-order chi connectivity index (χ1) is 9.51. The molecule has 0 aliphatic rings. The Hall–Kier alpha value is -1.51. The minimum Gasteiger partial charge on any atom is -0.496 e. The zero-order valence-corrected chi connectivity index (χ0v) is 12.7. The highest BCUT2D eigenvalue weighted by Crippen LogP contribution is 2.30. The molecule has 3 heteroatoms. The molecule has 0 bridgehead atoms. The van der Waals surface area contributed by atoms with Gasteiger partial charge in [-0.1, -0.05) is 35.9 Å². The van der Waals surface area contributed by atoms with Crippen LogP contribution in [0.15, 0.2) is 36.4 Å². The van der Waals surface area contributed by atoms with Crippen molar-refractivity contribution in [2.24, 2.45) is 0 Å². The Labute approximate surface area is 125 Å². The first kappa shape index (κ1) is 14.9. The van der Waals surface area contributed by atoms with Crippen LogP contribution in [-0.4, -0.2) is 12.2 Å². The molecule has 1 N–H and O–H groups in total. The summed E-state index contributed by atoms with van der Waals surface area (Å²) in [6.45, 7) is 4.16. The van der Waals surface area contributed by atoms with E-state index in [4.69, 9.17) is 16.3 Å². The van der Waals surface area contributed by atoms with Crippen molar-refractivity contribution in [1.82, 2.24) is 0 Å². The van der Waals surface area contributed by atoms with E-state index in [1.54, 1.807) is 19.2 Å². The molecule has 0 radical (unpaired) electrons. The SMILES string of the molecule is COc1cc(Cl)ccc1C(O)Cc1ccc(C)c(C)c1. The average molecular weight is 291 g/mol. The summed E-state index contributed by atoms with van der Waals surface area (Å²) in [5, 5.41) is 11.0. The molecule has 0 aliphatic carbocycles. The zero-order chi connectivity index (χ0) is 14.7. The highest BCUT2D eigenvalue weighted by molar-refractivity contribution is 6.30. The Morgan fingerprint density at radius 1 is 1.10 bits per heavy atom. The van der Waals surface area contributed by atoms with Crippen LogP contribution >= 0.6 is 11.6 Å². The maximum Gasteiger partial charge on any atom is 0.126 e. The van der Waals surface area contributed by atoms with Gasteiger partial charge in [0.25, 0.3) is 0 Å².